The molecule has 0 saturated carbocycles. The van der Waals surface area contributed by atoms with Crippen molar-refractivity contribution in [3.8, 4) is 0 Å². The number of nitrogen functional groups attached to an aromatic ring is 1. The van der Waals surface area contributed by atoms with Gasteiger partial charge in [0.05, 0.1) is 34.2 Å². The standard InChI is InChI=1S/C16H16ClN5O4S2.C7H11N3/c1-7-12(17)16(26-21-7)22-28(24,25)11-5-6-27-14(11)15(23)20-13-8(2)18-10(4)19-9(13)3;1-4-7(8)5(2)10-6(3)9-4/h5-6,22H,1-4H3,(H,20,23);8H2,1-3H3. The number of anilines is 3. The highest BCUT2D eigenvalue weighted by atomic mass is 35.5. The number of halogens is 1. The Morgan fingerprint density at radius 2 is 1.45 bits per heavy atom. The lowest BCUT2D eigenvalue weighted by Gasteiger charge is -2.11. The van der Waals surface area contributed by atoms with Gasteiger partial charge < -0.3 is 15.6 Å². The van der Waals surface area contributed by atoms with E-state index in [-0.39, 0.29) is 20.7 Å². The van der Waals surface area contributed by atoms with E-state index in [0.717, 1.165) is 28.5 Å². The van der Waals surface area contributed by atoms with Gasteiger partial charge in [-0.25, -0.2) is 33.1 Å². The van der Waals surface area contributed by atoms with E-state index in [1.54, 1.807) is 27.7 Å². The molecular formula is C23H27ClN8O4S2. The fourth-order valence-electron chi connectivity index (χ4n) is 3.40. The van der Waals surface area contributed by atoms with Crippen molar-refractivity contribution in [2.45, 2.75) is 53.4 Å². The van der Waals surface area contributed by atoms with Gasteiger partial charge in [0.15, 0.2) is 0 Å². The van der Waals surface area contributed by atoms with E-state index < -0.39 is 15.9 Å². The lowest BCUT2D eigenvalue weighted by molar-refractivity contribution is 0.102. The van der Waals surface area contributed by atoms with Crippen molar-refractivity contribution in [2.75, 3.05) is 15.8 Å². The second-order valence-corrected chi connectivity index (χ2v) is 11.2. The molecule has 0 radical (unpaired) electrons. The molecule has 0 fully saturated rings. The molecular weight excluding hydrogens is 552 g/mol. The number of thiophene rings is 1. The number of rotatable bonds is 5. The number of nitrogens with two attached hydrogens (primary N) is 1. The molecule has 0 bridgehead atoms. The van der Waals surface area contributed by atoms with Gasteiger partial charge in [-0.3, -0.25) is 4.79 Å². The third-order valence-corrected chi connectivity index (χ3v) is 8.06. The molecule has 4 rings (SSSR count). The first-order valence-corrected chi connectivity index (χ1v) is 13.9. The van der Waals surface area contributed by atoms with Gasteiger partial charge >= 0.3 is 0 Å². The Labute approximate surface area is 229 Å². The number of sulfonamides is 1. The molecule has 38 heavy (non-hydrogen) atoms. The zero-order valence-corrected chi connectivity index (χ0v) is 24.2. The zero-order valence-electron chi connectivity index (χ0n) is 21.8. The van der Waals surface area contributed by atoms with Crippen LogP contribution < -0.4 is 15.8 Å². The smallest absolute Gasteiger partial charge is 0.267 e. The number of nitrogens with zero attached hydrogens (tertiary/aromatic N) is 5. The van der Waals surface area contributed by atoms with Crippen LogP contribution in [0, 0.1) is 48.5 Å². The maximum Gasteiger partial charge on any atom is 0.267 e. The summed E-state index contributed by atoms with van der Waals surface area (Å²) in [5, 5.41) is 7.84. The summed E-state index contributed by atoms with van der Waals surface area (Å²) in [6.07, 6.45) is 0. The number of carbonyl (C=O) groups is 1. The van der Waals surface area contributed by atoms with Crippen molar-refractivity contribution in [1.82, 2.24) is 25.1 Å². The molecule has 0 aliphatic carbocycles. The summed E-state index contributed by atoms with van der Waals surface area (Å²) < 4.78 is 32.5. The van der Waals surface area contributed by atoms with Gasteiger partial charge in [0.1, 0.15) is 32.1 Å². The van der Waals surface area contributed by atoms with Crippen LogP contribution >= 0.6 is 22.9 Å². The normalized spacial score (nSPS) is 11.1. The van der Waals surface area contributed by atoms with Crippen LogP contribution in [0.2, 0.25) is 5.02 Å². The first kappa shape index (κ1) is 28.9. The van der Waals surface area contributed by atoms with E-state index in [4.69, 9.17) is 21.9 Å². The van der Waals surface area contributed by atoms with E-state index in [2.05, 4.69) is 35.1 Å². The number of carbonyl (C=O) groups excluding carboxylic acids is 1. The van der Waals surface area contributed by atoms with Gasteiger partial charge in [-0.15, -0.1) is 11.3 Å². The highest BCUT2D eigenvalue weighted by Gasteiger charge is 2.27. The molecule has 0 saturated heterocycles. The van der Waals surface area contributed by atoms with Gasteiger partial charge in [-0.1, -0.05) is 16.8 Å². The Balaban J connectivity index is 0.000000336. The van der Waals surface area contributed by atoms with Gasteiger partial charge in [-0.05, 0) is 59.9 Å². The quantitative estimate of drug-likeness (QED) is 0.306. The third-order valence-electron chi connectivity index (χ3n) is 5.20. The Bertz CT molecular complexity index is 1570. The molecule has 15 heteroatoms. The maximum absolute atomic E-state index is 12.7. The first-order valence-electron chi connectivity index (χ1n) is 11.1. The second-order valence-electron chi connectivity index (χ2n) is 8.26. The van der Waals surface area contributed by atoms with E-state index >= 15 is 0 Å². The predicted molar refractivity (Wildman–Crippen MR) is 146 cm³/mol. The van der Waals surface area contributed by atoms with E-state index in [0.29, 0.717) is 34.3 Å². The second kappa shape index (κ2) is 11.4. The molecule has 0 aliphatic heterocycles. The SMILES string of the molecule is Cc1nc(C)c(N)c(C)n1.Cc1nc(C)c(NC(=O)c2sccc2S(=O)(=O)Nc2onc(C)c2Cl)c(C)n1. The number of hydrogen-bond acceptors (Lipinski definition) is 11. The summed E-state index contributed by atoms with van der Waals surface area (Å²) in [4.78, 5) is 29.2. The largest absolute Gasteiger partial charge is 0.396 e. The molecule has 4 aromatic rings. The van der Waals surface area contributed by atoms with Crippen LogP contribution in [-0.2, 0) is 10.0 Å². The van der Waals surface area contributed by atoms with Crippen molar-refractivity contribution in [3.05, 3.63) is 61.5 Å². The van der Waals surface area contributed by atoms with Crippen LogP contribution in [-0.4, -0.2) is 39.4 Å². The molecule has 0 atom stereocenters. The fraction of sp³-hybridized carbons (Fsp3) is 0.304. The summed E-state index contributed by atoms with van der Waals surface area (Å²) in [6, 6.07) is 1.32. The fourth-order valence-corrected chi connectivity index (χ4v) is 5.89. The number of aromatic nitrogens is 5. The van der Waals surface area contributed by atoms with Crippen molar-refractivity contribution in [3.63, 3.8) is 0 Å². The van der Waals surface area contributed by atoms with Crippen LogP contribution in [0.5, 0.6) is 0 Å². The monoisotopic (exact) mass is 578 g/mol. The predicted octanol–water partition coefficient (Wildman–Crippen LogP) is 4.45. The number of aryl methyl sites for hydroxylation is 7. The van der Waals surface area contributed by atoms with Crippen LogP contribution in [0.4, 0.5) is 17.3 Å². The minimum Gasteiger partial charge on any atom is -0.396 e. The molecule has 0 aliphatic rings. The average molecular weight is 579 g/mol. The van der Waals surface area contributed by atoms with Crippen LogP contribution in [0.15, 0.2) is 20.9 Å². The van der Waals surface area contributed by atoms with Crippen molar-refractivity contribution < 1.29 is 17.7 Å². The van der Waals surface area contributed by atoms with Crippen LogP contribution in [0.25, 0.3) is 0 Å². The number of hydrogen-bond donors (Lipinski definition) is 3. The zero-order chi connectivity index (χ0) is 28.4. The van der Waals surface area contributed by atoms with Crippen molar-refractivity contribution in [2.24, 2.45) is 0 Å². The Hall–Kier alpha value is -3.62. The van der Waals surface area contributed by atoms with Crippen LogP contribution in [0.3, 0.4) is 0 Å². The minimum atomic E-state index is -4.12. The van der Waals surface area contributed by atoms with Gasteiger partial charge in [0, 0.05) is 0 Å². The summed E-state index contributed by atoms with van der Waals surface area (Å²) in [6.45, 7) is 12.4. The molecule has 4 N–H and O–H groups in total. The molecule has 4 aromatic heterocycles. The lowest BCUT2D eigenvalue weighted by Crippen LogP contribution is -2.19. The summed E-state index contributed by atoms with van der Waals surface area (Å²) in [7, 11) is -4.12. The summed E-state index contributed by atoms with van der Waals surface area (Å²) in [5.41, 5.74) is 10.0. The topological polar surface area (TPSA) is 179 Å². The van der Waals surface area contributed by atoms with Crippen molar-refractivity contribution in [1.29, 1.82) is 0 Å². The Morgan fingerprint density at radius 1 is 0.921 bits per heavy atom. The Morgan fingerprint density at radius 3 is 1.95 bits per heavy atom. The molecule has 0 aromatic carbocycles. The van der Waals surface area contributed by atoms with Gasteiger partial charge in [-0.2, -0.15) is 0 Å². The molecule has 0 spiro atoms. The molecule has 1 amide bonds. The average Bonchev–Trinajstić information content (AvgIpc) is 3.44. The van der Waals surface area contributed by atoms with Gasteiger partial charge in [0.25, 0.3) is 21.8 Å². The molecule has 202 valence electrons. The highest BCUT2D eigenvalue weighted by molar-refractivity contribution is 7.93. The third kappa shape index (κ3) is 6.44. The van der Waals surface area contributed by atoms with E-state index in [1.165, 1.54) is 11.4 Å². The minimum absolute atomic E-state index is 0.000709. The maximum atomic E-state index is 12.7. The highest BCUT2D eigenvalue weighted by Crippen LogP contribution is 2.30. The van der Waals surface area contributed by atoms with Crippen LogP contribution in [0.1, 0.15) is 49.8 Å². The number of amides is 1. The Kier molecular flexibility index (Phi) is 8.69. The lowest BCUT2D eigenvalue weighted by atomic mass is 10.2. The first-order chi connectivity index (χ1) is 17.7. The summed E-state index contributed by atoms with van der Waals surface area (Å²) in [5.74, 6) is 0.559. The number of nitrogens with one attached hydrogen (secondary N) is 2. The van der Waals surface area contributed by atoms with Gasteiger partial charge in [0.2, 0.25) is 0 Å². The molecule has 0 unspecified atom stereocenters. The van der Waals surface area contributed by atoms with E-state index in [1.807, 2.05) is 20.8 Å². The molecule has 12 nitrogen and oxygen atoms in total. The van der Waals surface area contributed by atoms with E-state index in [9.17, 15) is 13.2 Å². The summed E-state index contributed by atoms with van der Waals surface area (Å²) >= 11 is 6.95. The molecule has 4 heterocycles. The van der Waals surface area contributed by atoms with Crippen molar-refractivity contribution >= 4 is 56.1 Å².